The first-order chi connectivity index (χ1) is 12.8. The maximum absolute atomic E-state index is 12.5. The lowest BCUT2D eigenvalue weighted by Gasteiger charge is -2.38. The number of fused-ring (bicyclic) bond motifs is 5. The summed E-state index contributed by atoms with van der Waals surface area (Å²) in [6.45, 7) is 3.49. The Bertz CT molecular complexity index is 702. The van der Waals surface area contributed by atoms with Crippen LogP contribution in [0.2, 0.25) is 0 Å². The van der Waals surface area contributed by atoms with Crippen LogP contribution >= 0.6 is 0 Å². The molecule has 1 saturated carbocycles. The maximum Gasteiger partial charge on any atom is 0.341 e. The van der Waals surface area contributed by atoms with E-state index in [0.29, 0.717) is 12.8 Å². The summed E-state index contributed by atoms with van der Waals surface area (Å²) in [5, 5.41) is 10.5. The topological polar surface area (TPSA) is 89.9 Å². The summed E-state index contributed by atoms with van der Waals surface area (Å²) in [6.07, 6.45) is 6.47. The van der Waals surface area contributed by atoms with Crippen molar-refractivity contribution in [3.05, 3.63) is 23.8 Å². The van der Waals surface area contributed by atoms with Crippen LogP contribution in [0.4, 0.5) is 0 Å². The molecule has 1 N–H and O–H groups in total. The molecule has 146 valence electrons. The Morgan fingerprint density at radius 3 is 2.67 bits per heavy atom. The van der Waals surface area contributed by atoms with Crippen LogP contribution in [0, 0.1) is 29.6 Å². The number of esters is 2. The molecule has 3 aliphatic carbocycles. The minimum atomic E-state index is -0.625. The molecule has 5 aliphatic rings. The van der Waals surface area contributed by atoms with Gasteiger partial charge in [-0.1, -0.05) is 25.2 Å². The van der Waals surface area contributed by atoms with E-state index in [0.717, 1.165) is 6.42 Å². The molecule has 8 atom stereocenters. The summed E-state index contributed by atoms with van der Waals surface area (Å²) < 4.78 is 11.0. The van der Waals surface area contributed by atoms with Gasteiger partial charge >= 0.3 is 11.9 Å². The largest absolute Gasteiger partial charge is 0.462 e. The summed E-state index contributed by atoms with van der Waals surface area (Å²) in [5.41, 5.74) is 0.148. The molecule has 0 aromatic carbocycles. The monoisotopic (exact) mass is 374 g/mol. The number of carbonyl (C=O) groups excluding carboxylic acids is 3. The fourth-order valence-corrected chi connectivity index (χ4v) is 5.48. The molecular formula is C21H26O6. The van der Waals surface area contributed by atoms with Crippen molar-refractivity contribution in [2.75, 3.05) is 0 Å². The van der Waals surface area contributed by atoms with Crippen LogP contribution < -0.4 is 0 Å². The highest BCUT2D eigenvalue weighted by Crippen LogP contribution is 2.50. The molecule has 0 aromatic heterocycles. The predicted molar refractivity (Wildman–Crippen MR) is 95.3 cm³/mol. The van der Waals surface area contributed by atoms with Crippen molar-refractivity contribution >= 4 is 17.7 Å². The lowest BCUT2D eigenvalue weighted by Crippen LogP contribution is -2.40. The number of ether oxygens (including phenoxy) is 2. The summed E-state index contributed by atoms with van der Waals surface area (Å²) in [6, 6.07) is 0. The number of carbonyl (C=O) groups is 3. The van der Waals surface area contributed by atoms with Gasteiger partial charge in [0.15, 0.2) is 5.78 Å². The number of Topliss-reactive ketones (excluding diaryl/α,β-unsaturated/α-hetero) is 1. The number of hydrogen-bond donors (Lipinski definition) is 1. The van der Waals surface area contributed by atoms with Crippen LogP contribution in [0.15, 0.2) is 23.8 Å². The quantitative estimate of drug-likeness (QED) is 0.429. The maximum atomic E-state index is 12.5. The van der Waals surface area contributed by atoms with E-state index in [4.69, 9.17) is 9.47 Å². The lowest BCUT2D eigenvalue weighted by atomic mass is 9.68. The Morgan fingerprint density at radius 2 is 1.96 bits per heavy atom. The van der Waals surface area contributed by atoms with Gasteiger partial charge in [-0.05, 0) is 36.5 Å². The molecule has 6 heteroatoms. The fraction of sp³-hybridized carbons (Fsp3) is 0.667. The normalized spacial score (nSPS) is 45.4. The number of aliphatic hydroxyl groups excluding tert-OH is 1. The third-order valence-corrected chi connectivity index (χ3v) is 6.60. The summed E-state index contributed by atoms with van der Waals surface area (Å²) in [5.74, 6) is -0.642. The van der Waals surface area contributed by atoms with Gasteiger partial charge in [-0.3, -0.25) is 9.59 Å². The molecule has 5 rings (SSSR count). The van der Waals surface area contributed by atoms with E-state index >= 15 is 0 Å². The zero-order valence-corrected chi connectivity index (χ0v) is 15.7. The van der Waals surface area contributed by atoms with Crippen LogP contribution in [-0.2, 0) is 23.9 Å². The number of aliphatic hydroxyl groups is 1. The second-order valence-corrected chi connectivity index (χ2v) is 8.51. The van der Waals surface area contributed by atoms with Crippen molar-refractivity contribution in [3.8, 4) is 0 Å². The van der Waals surface area contributed by atoms with Crippen molar-refractivity contribution in [2.24, 2.45) is 29.6 Å². The minimum Gasteiger partial charge on any atom is -0.462 e. The summed E-state index contributed by atoms with van der Waals surface area (Å²) >= 11 is 0. The van der Waals surface area contributed by atoms with Crippen molar-refractivity contribution < 1.29 is 29.0 Å². The molecule has 0 radical (unpaired) electrons. The van der Waals surface area contributed by atoms with Crippen molar-refractivity contribution in [1.82, 2.24) is 0 Å². The average molecular weight is 374 g/mol. The van der Waals surface area contributed by atoms with Gasteiger partial charge in [-0.2, -0.15) is 0 Å². The minimum absolute atomic E-state index is 0.0528. The zero-order chi connectivity index (χ0) is 19.3. The molecule has 0 amide bonds. The molecule has 2 bridgehead atoms. The molecular weight excluding hydrogens is 348 g/mol. The molecule has 0 spiro atoms. The van der Waals surface area contributed by atoms with Gasteiger partial charge in [0.2, 0.25) is 0 Å². The third kappa shape index (κ3) is 3.35. The number of hydrogen-bond acceptors (Lipinski definition) is 6. The number of rotatable bonds is 1. The Morgan fingerprint density at radius 1 is 1.19 bits per heavy atom. The van der Waals surface area contributed by atoms with Gasteiger partial charge in [-0.25, -0.2) is 4.79 Å². The van der Waals surface area contributed by atoms with E-state index in [1.165, 1.54) is 6.92 Å². The number of ketones is 1. The second-order valence-electron chi connectivity index (χ2n) is 8.51. The van der Waals surface area contributed by atoms with E-state index in [2.05, 4.69) is 19.1 Å². The van der Waals surface area contributed by atoms with E-state index in [9.17, 15) is 19.5 Å². The van der Waals surface area contributed by atoms with E-state index in [-0.39, 0.29) is 59.4 Å². The standard InChI is InChI=1S/C21H26O6/c1-10-5-17-15(20(10)26-11(2)22)4-3-12-6-13(23)7-14-8-19(24)18(9-16(12)17)21(25)27-14/h3-4,9-10,12-17,20,23H,5-8H2,1-2H3/b18-9-/t10-,12+,13+,14-,15-,16-,17-,20-/m1/s1. The first-order valence-corrected chi connectivity index (χ1v) is 9.83. The van der Waals surface area contributed by atoms with Gasteiger partial charge in [0.25, 0.3) is 0 Å². The molecule has 0 aromatic rings. The smallest absolute Gasteiger partial charge is 0.341 e. The molecule has 1 saturated heterocycles. The van der Waals surface area contributed by atoms with Gasteiger partial charge in [0.05, 0.1) is 11.7 Å². The zero-order valence-electron chi connectivity index (χ0n) is 15.7. The van der Waals surface area contributed by atoms with Crippen LogP contribution in [0.1, 0.15) is 39.5 Å². The summed E-state index contributed by atoms with van der Waals surface area (Å²) in [4.78, 5) is 36.4. The van der Waals surface area contributed by atoms with E-state index in [1.807, 2.05) is 0 Å². The Balaban J connectivity index is 1.72. The van der Waals surface area contributed by atoms with Gasteiger partial charge < -0.3 is 14.6 Å². The highest BCUT2D eigenvalue weighted by atomic mass is 16.5. The SMILES string of the molecule is CC(=O)O[C@H]1[C@@H]2C=C[C@H]3C[C@H](O)C[C@@H]4CC(=O)/C(=C/[C@H]3[C@@H]2C[C@H]1C)C(=O)O4. The Hall–Kier alpha value is -1.95. The van der Waals surface area contributed by atoms with E-state index < -0.39 is 18.2 Å². The molecule has 2 fully saturated rings. The molecule has 2 heterocycles. The Labute approximate surface area is 158 Å². The van der Waals surface area contributed by atoms with Crippen LogP contribution in [0.5, 0.6) is 0 Å². The van der Waals surface area contributed by atoms with Gasteiger partial charge in [0.1, 0.15) is 12.2 Å². The van der Waals surface area contributed by atoms with Crippen LogP contribution in [0.3, 0.4) is 0 Å². The fourth-order valence-electron chi connectivity index (χ4n) is 5.48. The van der Waals surface area contributed by atoms with Crippen molar-refractivity contribution in [2.45, 2.75) is 57.8 Å². The highest BCUT2D eigenvalue weighted by Gasteiger charge is 2.49. The highest BCUT2D eigenvalue weighted by molar-refractivity contribution is 6.18. The van der Waals surface area contributed by atoms with Crippen LogP contribution in [-0.4, -0.2) is 41.1 Å². The molecule has 27 heavy (non-hydrogen) atoms. The summed E-state index contributed by atoms with van der Waals surface area (Å²) in [7, 11) is 0. The molecule has 2 aliphatic heterocycles. The molecule has 0 unspecified atom stereocenters. The first kappa shape index (κ1) is 18.4. The second kappa shape index (κ2) is 6.89. The first-order valence-electron chi connectivity index (χ1n) is 9.83. The number of allylic oxidation sites excluding steroid dienone is 2. The Kier molecular flexibility index (Phi) is 4.70. The van der Waals surface area contributed by atoms with Crippen LogP contribution in [0.25, 0.3) is 0 Å². The lowest BCUT2D eigenvalue weighted by molar-refractivity contribution is -0.153. The van der Waals surface area contributed by atoms with Crippen molar-refractivity contribution in [3.63, 3.8) is 0 Å². The average Bonchev–Trinajstić information content (AvgIpc) is 2.87. The predicted octanol–water partition coefficient (Wildman–Crippen LogP) is 1.96. The third-order valence-electron chi connectivity index (χ3n) is 6.60. The van der Waals surface area contributed by atoms with Gasteiger partial charge in [0, 0.05) is 25.7 Å². The van der Waals surface area contributed by atoms with Crippen molar-refractivity contribution in [1.29, 1.82) is 0 Å². The van der Waals surface area contributed by atoms with Gasteiger partial charge in [-0.15, -0.1) is 0 Å². The van der Waals surface area contributed by atoms with E-state index in [1.54, 1.807) is 6.08 Å². The molecule has 6 nitrogen and oxygen atoms in total.